The minimum absolute atomic E-state index is 0.117. The summed E-state index contributed by atoms with van der Waals surface area (Å²) >= 11 is 0. The highest BCUT2D eigenvalue weighted by Gasteiger charge is 2.76. The summed E-state index contributed by atoms with van der Waals surface area (Å²) < 4.78 is 0. The van der Waals surface area contributed by atoms with Crippen LogP contribution >= 0.6 is 0 Å². The van der Waals surface area contributed by atoms with Crippen molar-refractivity contribution < 1.29 is 5.11 Å². The van der Waals surface area contributed by atoms with Crippen LogP contribution in [0.5, 0.6) is 0 Å². The van der Waals surface area contributed by atoms with Gasteiger partial charge in [0.2, 0.25) is 0 Å². The van der Waals surface area contributed by atoms with Crippen molar-refractivity contribution in [3.63, 3.8) is 0 Å². The lowest BCUT2D eigenvalue weighted by atomic mass is 9.71. The van der Waals surface area contributed by atoms with Gasteiger partial charge in [-0.15, -0.1) is 0 Å². The van der Waals surface area contributed by atoms with E-state index in [1.54, 1.807) is 0 Å². The van der Waals surface area contributed by atoms with Crippen LogP contribution in [0.25, 0.3) is 0 Å². The summed E-state index contributed by atoms with van der Waals surface area (Å²) in [6.07, 6.45) is 4.22. The van der Waals surface area contributed by atoms with E-state index < -0.39 is 0 Å². The van der Waals surface area contributed by atoms with E-state index in [2.05, 4.69) is 32.6 Å². The van der Waals surface area contributed by atoms with Gasteiger partial charge in [-0.05, 0) is 18.8 Å². The van der Waals surface area contributed by atoms with Crippen LogP contribution in [0.4, 0.5) is 0 Å². The Balaban J connectivity index is 2.26. The van der Waals surface area contributed by atoms with Crippen LogP contribution in [-0.2, 0) is 0 Å². The molecule has 0 heterocycles. The second-order valence-corrected chi connectivity index (χ2v) is 4.94. The van der Waals surface area contributed by atoms with Gasteiger partial charge in [0.15, 0.2) is 0 Å². The van der Waals surface area contributed by atoms with Gasteiger partial charge in [-0.2, -0.15) is 0 Å². The molecule has 64 valence electrons. The number of aliphatic hydroxyl groups excluding tert-OH is 1. The second kappa shape index (κ2) is 1.44. The summed E-state index contributed by atoms with van der Waals surface area (Å²) in [7, 11) is 0. The van der Waals surface area contributed by atoms with Crippen molar-refractivity contribution in [2.45, 2.75) is 20.0 Å². The maximum Gasteiger partial charge on any atom is 0.0730 e. The lowest BCUT2D eigenvalue weighted by Gasteiger charge is -2.36. The summed E-state index contributed by atoms with van der Waals surface area (Å²) in [6, 6.07) is 0. The van der Waals surface area contributed by atoms with E-state index in [1.165, 1.54) is 5.57 Å². The molecule has 0 aliphatic heterocycles. The predicted octanol–water partition coefficient (Wildman–Crippen LogP) is 1.75. The van der Waals surface area contributed by atoms with E-state index >= 15 is 0 Å². The summed E-state index contributed by atoms with van der Waals surface area (Å²) in [5.41, 5.74) is 1.28. The summed E-state index contributed by atoms with van der Waals surface area (Å²) in [5.74, 6) is 1.16. The zero-order chi connectivity index (χ0) is 8.72. The molecule has 4 rings (SSSR count). The minimum Gasteiger partial charge on any atom is -0.391 e. The molecule has 0 aromatic rings. The van der Waals surface area contributed by atoms with Crippen molar-refractivity contribution in [2.75, 3.05) is 0 Å². The Bertz CT molecular complexity index is 317. The van der Waals surface area contributed by atoms with Crippen LogP contribution in [0.1, 0.15) is 13.8 Å². The average Bonchev–Trinajstić information content (AvgIpc) is 2.61. The molecule has 2 fully saturated rings. The van der Waals surface area contributed by atoms with E-state index in [1.807, 2.05) is 0 Å². The molecule has 0 radical (unpaired) electrons. The van der Waals surface area contributed by atoms with E-state index in [0.29, 0.717) is 11.8 Å². The van der Waals surface area contributed by atoms with Crippen LogP contribution in [0.15, 0.2) is 24.3 Å². The van der Waals surface area contributed by atoms with Gasteiger partial charge in [0.05, 0.1) is 6.10 Å². The van der Waals surface area contributed by atoms with Gasteiger partial charge < -0.3 is 5.11 Å². The maximum atomic E-state index is 10.1. The SMILES string of the molecule is C=C1[C@H]2[C@H]3C=C[C@]1(C)C(O)[C@]32C. The van der Waals surface area contributed by atoms with Crippen LogP contribution in [0.2, 0.25) is 0 Å². The molecular formula is C11H14O. The smallest absolute Gasteiger partial charge is 0.0730 e. The van der Waals surface area contributed by atoms with E-state index in [4.69, 9.17) is 0 Å². The normalized spacial score (nSPS) is 65.6. The molecule has 0 saturated heterocycles. The van der Waals surface area contributed by atoms with Crippen LogP contribution in [0, 0.1) is 22.7 Å². The Morgan fingerprint density at radius 1 is 1.50 bits per heavy atom. The van der Waals surface area contributed by atoms with Crippen molar-refractivity contribution in [1.82, 2.24) is 0 Å². The highest BCUT2D eigenvalue weighted by Crippen LogP contribution is 2.78. The first-order valence-electron chi connectivity index (χ1n) is 4.59. The fourth-order valence-corrected chi connectivity index (χ4v) is 3.49. The van der Waals surface area contributed by atoms with Gasteiger partial charge in [0.1, 0.15) is 0 Å². The Hall–Kier alpha value is -0.560. The zero-order valence-corrected chi connectivity index (χ0v) is 7.54. The fourth-order valence-electron chi connectivity index (χ4n) is 3.49. The number of hydrogen-bond acceptors (Lipinski definition) is 1. The molecule has 4 aliphatic rings. The van der Waals surface area contributed by atoms with Gasteiger partial charge in [-0.25, -0.2) is 0 Å². The van der Waals surface area contributed by atoms with Crippen LogP contribution in [0.3, 0.4) is 0 Å². The first-order valence-corrected chi connectivity index (χ1v) is 4.59. The van der Waals surface area contributed by atoms with Gasteiger partial charge >= 0.3 is 0 Å². The van der Waals surface area contributed by atoms with Gasteiger partial charge in [-0.3, -0.25) is 0 Å². The third-order valence-corrected chi connectivity index (χ3v) is 4.51. The molecule has 1 unspecified atom stereocenters. The quantitative estimate of drug-likeness (QED) is 0.538. The topological polar surface area (TPSA) is 20.2 Å². The highest BCUT2D eigenvalue weighted by atomic mass is 16.3. The Labute approximate surface area is 72.8 Å². The number of aliphatic hydroxyl groups is 1. The number of hydrogen-bond donors (Lipinski definition) is 1. The van der Waals surface area contributed by atoms with Crippen molar-refractivity contribution in [3.8, 4) is 0 Å². The molecule has 1 nitrogen and oxygen atoms in total. The van der Waals surface area contributed by atoms with Crippen molar-refractivity contribution >= 4 is 0 Å². The molecule has 4 bridgehead atoms. The zero-order valence-electron chi connectivity index (χ0n) is 7.54. The number of rotatable bonds is 0. The van der Waals surface area contributed by atoms with Gasteiger partial charge in [0, 0.05) is 10.8 Å². The standard InChI is InChI=1S/C11H14O/c1-6-8-7-4-5-10(6,2)9(12)11(7,8)3/h4-5,7-9,12H,1H2,2-3H3/t7-,8+,9?,10+,11-/m1/s1. The Kier molecular flexibility index (Phi) is 0.827. The van der Waals surface area contributed by atoms with E-state index in [9.17, 15) is 5.11 Å². The molecule has 4 aliphatic carbocycles. The molecule has 1 N–H and O–H groups in total. The summed E-state index contributed by atoms with van der Waals surface area (Å²) in [5, 5.41) is 10.1. The van der Waals surface area contributed by atoms with Crippen molar-refractivity contribution in [3.05, 3.63) is 24.3 Å². The molecule has 5 atom stereocenters. The molecule has 2 saturated carbocycles. The maximum absolute atomic E-state index is 10.1. The Morgan fingerprint density at radius 3 is 2.50 bits per heavy atom. The summed E-state index contributed by atoms with van der Waals surface area (Å²) in [4.78, 5) is 0. The Morgan fingerprint density at radius 2 is 2.17 bits per heavy atom. The molecule has 12 heavy (non-hydrogen) atoms. The molecule has 0 aromatic carbocycles. The molecular weight excluding hydrogens is 148 g/mol. The molecule has 0 aromatic heterocycles. The van der Waals surface area contributed by atoms with Gasteiger partial charge in [0.25, 0.3) is 0 Å². The fraction of sp³-hybridized carbons (Fsp3) is 0.636. The first kappa shape index (κ1) is 6.90. The lowest BCUT2D eigenvalue weighted by Crippen LogP contribution is -2.37. The van der Waals surface area contributed by atoms with E-state index in [0.717, 1.165) is 0 Å². The van der Waals surface area contributed by atoms with Crippen LogP contribution in [-0.4, -0.2) is 11.2 Å². The van der Waals surface area contributed by atoms with Crippen molar-refractivity contribution in [1.29, 1.82) is 0 Å². The first-order chi connectivity index (χ1) is 5.53. The van der Waals surface area contributed by atoms with Crippen LogP contribution < -0.4 is 0 Å². The largest absolute Gasteiger partial charge is 0.391 e. The monoisotopic (exact) mass is 162 g/mol. The molecule has 0 spiro atoms. The molecule has 1 heteroatoms. The highest BCUT2D eigenvalue weighted by molar-refractivity contribution is 5.49. The van der Waals surface area contributed by atoms with Gasteiger partial charge in [-0.1, -0.05) is 31.2 Å². The van der Waals surface area contributed by atoms with E-state index in [-0.39, 0.29) is 16.9 Å². The second-order valence-electron chi connectivity index (χ2n) is 4.94. The third-order valence-electron chi connectivity index (χ3n) is 4.51. The lowest BCUT2D eigenvalue weighted by molar-refractivity contribution is 0.0391. The molecule has 0 amide bonds. The van der Waals surface area contributed by atoms with Crippen molar-refractivity contribution in [2.24, 2.45) is 22.7 Å². The summed E-state index contributed by atoms with van der Waals surface area (Å²) in [6.45, 7) is 8.40. The third kappa shape index (κ3) is 0.392. The minimum atomic E-state index is -0.197. The average molecular weight is 162 g/mol. The predicted molar refractivity (Wildman–Crippen MR) is 47.5 cm³/mol. The number of allylic oxidation sites excluding steroid dienone is 1.